The van der Waals surface area contributed by atoms with E-state index in [1.807, 2.05) is 24.3 Å². The summed E-state index contributed by atoms with van der Waals surface area (Å²) in [6.07, 6.45) is 0. The highest BCUT2D eigenvalue weighted by Crippen LogP contribution is 2.35. The third-order valence-corrected chi connectivity index (χ3v) is 7.62. The van der Waals surface area contributed by atoms with Gasteiger partial charge in [-0.15, -0.1) is 0 Å². The molecule has 0 saturated heterocycles. The van der Waals surface area contributed by atoms with Crippen molar-refractivity contribution in [3.8, 4) is 16.9 Å². The van der Waals surface area contributed by atoms with Crippen LogP contribution in [0.3, 0.4) is 0 Å². The molecule has 0 saturated carbocycles. The van der Waals surface area contributed by atoms with Crippen LogP contribution in [0.2, 0.25) is 13.1 Å². The number of methoxy groups -OCH3 is 1. The quantitative estimate of drug-likeness (QED) is 0.484. The van der Waals surface area contributed by atoms with E-state index in [9.17, 15) is 10.1 Å². The van der Waals surface area contributed by atoms with E-state index >= 15 is 0 Å². The number of hydrogen-bond acceptors (Lipinski definition) is 3. The number of nitro benzene ring substituents is 1. The van der Waals surface area contributed by atoms with Gasteiger partial charge in [-0.05, 0) is 27.6 Å². The number of hydrogen-bond donors (Lipinski definition) is 0. The molecule has 0 aliphatic carbocycles. The number of benzene rings is 2. The molecule has 0 atom stereocenters. The lowest BCUT2D eigenvalue weighted by atomic mass is 10.1. The second kappa shape index (κ2) is 4.18. The van der Waals surface area contributed by atoms with Crippen LogP contribution in [-0.2, 0) is 0 Å². The third-order valence-electron chi connectivity index (χ3n) is 4.08. The second-order valence-electron chi connectivity index (χ2n) is 5.50. The molecule has 0 radical (unpaired) electrons. The van der Waals surface area contributed by atoms with Crippen LogP contribution in [0.4, 0.5) is 5.69 Å². The summed E-state index contributed by atoms with van der Waals surface area (Å²) in [6.45, 7) is 4.53. The summed E-state index contributed by atoms with van der Waals surface area (Å²) in [5.74, 6) is 0.349. The predicted molar refractivity (Wildman–Crippen MR) is 81.8 cm³/mol. The highest BCUT2D eigenvalue weighted by molar-refractivity contribution is 7.03. The summed E-state index contributed by atoms with van der Waals surface area (Å²) >= 11 is 0. The van der Waals surface area contributed by atoms with Gasteiger partial charge >= 0.3 is 5.69 Å². The maximum atomic E-state index is 11.2. The van der Waals surface area contributed by atoms with Crippen molar-refractivity contribution >= 4 is 24.1 Å². The van der Waals surface area contributed by atoms with Crippen molar-refractivity contribution in [2.45, 2.75) is 13.1 Å². The molecular formula is C15H15NO3Si. The Labute approximate surface area is 118 Å². The zero-order valence-electron chi connectivity index (χ0n) is 11.6. The maximum absolute atomic E-state index is 11.2. The van der Waals surface area contributed by atoms with Crippen LogP contribution >= 0.6 is 0 Å². The smallest absolute Gasteiger partial charge is 0.311 e. The van der Waals surface area contributed by atoms with Gasteiger partial charge in [-0.1, -0.05) is 37.4 Å². The van der Waals surface area contributed by atoms with Gasteiger partial charge in [0.25, 0.3) is 0 Å². The number of ether oxygens (including phenoxy) is 1. The molecule has 0 bridgehead atoms. The molecule has 102 valence electrons. The molecule has 2 aromatic carbocycles. The lowest BCUT2D eigenvalue weighted by Gasteiger charge is -2.18. The van der Waals surface area contributed by atoms with Crippen LogP contribution in [-0.4, -0.2) is 20.1 Å². The molecule has 5 heteroatoms. The average Bonchev–Trinajstić information content (AvgIpc) is 2.66. The van der Waals surface area contributed by atoms with Gasteiger partial charge in [0, 0.05) is 6.07 Å². The molecule has 1 aliphatic rings. The fraction of sp³-hybridized carbons (Fsp3) is 0.200. The molecule has 2 aromatic rings. The van der Waals surface area contributed by atoms with Crippen LogP contribution in [0, 0.1) is 10.1 Å². The number of nitro groups is 1. The molecule has 0 unspecified atom stereocenters. The second-order valence-corrected chi connectivity index (χ2v) is 9.82. The molecule has 0 aromatic heterocycles. The first-order valence-corrected chi connectivity index (χ1v) is 9.43. The number of nitrogens with zero attached hydrogens (tertiary/aromatic N) is 1. The molecule has 0 N–H and O–H groups in total. The molecule has 0 fully saturated rings. The van der Waals surface area contributed by atoms with Crippen molar-refractivity contribution in [2.75, 3.05) is 7.11 Å². The van der Waals surface area contributed by atoms with Crippen LogP contribution in [0.15, 0.2) is 36.4 Å². The van der Waals surface area contributed by atoms with E-state index in [4.69, 9.17) is 4.74 Å². The van der Waals surface area contributed by atoms with Gasteiger partial charge < -0.3 is 4.74 Å². The van der Waals surface area contributed by atoms with Gasteiger partial charge in [0.15, 0.2) is 5.75 Å². The summed E-state index contributed by atoms with van der Waals surface area (Å²) in [6, 6.07) is 11.7. The van der Waals surface area contributed by atoms with Gasteiger partial charge in [-0.3, -0.25) is 10.1 Å². The number of rotatable bonds is 2. The minimum atomic E-state index is -1.79. The molecular weight excluding hydrogens is 270 g/mol. The maximum Gasteiger partial charge on any atom is 0.311 e. The molecule has 1 heterocycles. The van der Waals surface area contributed by atoms with E-state index < -0.39 is 8.07 Å². The van der Waals surface area contributed by atoms with Gasteiger partial charge in [0.05, 0.1) is 12.0 Å². The van der Waals surface area contributed by atoms with E-state index in [0.29, 0.717) is 5.75 Å². The molecule has 1 aliphatic heterocycles. The zero-order chi connectivity index (χ0) is 14.5. The molecule has 0 spiro atoms. The standard InChI is InChI=1S/C15H15NO3Si/c1-19-13-9-15-11(8-12(13)16(17)18)10-6-4-5-7-14(10)20(15,2)3/h4-9H,1-3H3. The van der Waals surface area contributed by atoms with Crippen LogP contribution < -0.4 is 15.1 Å². The summed E-state index contributed by atoms with van der Waals surface area (Å²) in [5.41, 5.74) is 2.16. The van der Waals surface area contributed by atoms with Gasteiger partial charge in [-0.25, -0.2) is 0 Å². The Kier molecular flexibility index (Phi) is 2.69. The lowest BCUT2D eigenvalue weighted by molar-refractivity contribution is -0.385. The summed E-state index contributed by atoms with van der Waals surface area (Å²) in [4.78, 5) is 10.8. The number of fused-ring (bicyclic) bond motifs is 3. The predicted octanol–water partition coefficient (Wildman–Crippen LogP) is 2.41. The van der Waals surface area contributed by atoms with Crippen molar-refractivity contribution in [1.82, 2.24) is 0 Å². The van der Waals surface area contributed by atoms with Crippen LogP contribution in [0.5, 0.6) is 5.75 Å². The normalized spacial score (nSPS) is 14.6. The van der Waals surface area contributed by atoms with Gasteiger partial charge in [0.1, 0.15) is 8.07 Å². The molecule has 3 rings (SSSR count). The molecule has 20 heavy (non-hydrogen) atoms. The fourth-order valence-corrected chi connectivity index (χ4v) is 6.09. The third kappa shape index (κ3) is 1.59. The van der Waals surface area contributed by atoms with Crippen LogP contribution in [0.25, 0.3) is 11.1 Å². The first-order valence-electron chi connectivity index (χ1n) is 6.43. The average molecular weight is 285 g/mol. The van der Waals surface area contributed by atoms with Crippen molar-refractivity contribution in [3.05, 3.63) is 46.5 Å². The minimum Gasteiger partial charge on any atom is -0.490 e. The van der Waals surface area contributed by atoms with Crippen molar-refractivity contribution in [2.24, 2.45) is 0 Å². The highest BCUT2D eigenvalue weighted by atomic mass is 28.3. The Hall–Kier alpha value is -2.14. The topological polar surface area (TPSA) is 52.4 Å². The van der Waals surface area contributed by atoms with E-state index in [2.05, 4.69) is 19.2 Å². The monoisotopic (exact) mass is 285 g/mol. The summed E-state index contributed by atoms with van der Waals surface area (Å²) < 4.78 is 5.20. The van der Waals surface area contributed by atoms with E-state index in [1.54, 1.807) is 6.07 Å². The summed E-state index contributed by atoms with van der Waals surface area (Å²) in [7, 11) is -0.312. The van der Waals surface area contributed by atoms with Gasteiger partial charge in [-0.2, -0.15) is 0 Å². The lowest BCUT2D eigenvalue weighted by Crippen LogP contribution is -2.49. The first kappa shape index (κ1) is 12.9. The van der Waals surface area contributed by atoms with Crippen molar-refractivity contribution in [3.63, 3.8) is 0 Å². The minimum absolute atomic E-state index is 0.0350. The van der Waals surface area contributed by atoms with Crippen LogP contribution in [0.1, 0.15) is 0 Å². The molecule has 0 amide bonds. The van der Waals surface area contributed by atoms with E-state index in [0.717, 1.165) is 11.1 Å². The Morgan fingerprint density at radius 1 is 1.10 bits per heavy atom. The van der Waals surface area contributed by atoms with E-state index in [1.165, 1.54) is 17.5 Å². The zero-order valence-corrected chi connectivity index (χ0v) is 12.6. The molecule has 4 nitrogen and oxygen atoms in total. The SMILES string of the molecule is COc1cc2c(cc1[N+](=O)[O-])-c1ccccc1[Si]2(C)C. The summed E-state index contributed by atoms with van der Waals surface area (Å²) in [5, 5.41) is 13.7. The van der Waals surface area contributed by atoms with Gasteiger partial charge in [0.2, 0.25) is 0 Å². The fourth-order valence-electron chi connectivity index (χ4n) is 3.02. The Morgan fingerprint density at radius 3 is 2.45 bits per heavy atom. The first-order chi connectivity index (χ1) is 9.46. The van der Waals surface area contributed by atoms with Crippen molar-refractivity contribution in [1.29, 1.82) is 0 Å². The Bertz CT molecular complexity index is 725. The van der Waals surface area contributed by atoms with Crippen molar-refractivity contribution < 1.29 is 9.66 Å². The van der Waals surface area contributed by atoms with E-state index in [-0.39, 0.29) is 10.6 Å². The Balaban J connectivity index is 2.36. The largest absolute Gasteiger partial charge is 0.490 e. The highest BCUT2D eigenvalue weighted by Gasteiger charge is 2.39. The Morgan fingerprint density at radius 2 is 1.80 bits per heavy atom.